The van der Waals surface area contributed by atoms with Crippen LogP contribution in [0.4, 0.5) is 0 Å². The Bertz CT molecular complexity index is 530. The van der Waals surface area contributed by atoms with Crippen molar-refractivity contribution in [3.8, 4) is 0 Å². The van der Waals surface area contributed by atoms with Crippen molar-refractivity contribution in [2.75, 3.05) is 0 Å². The van der Waals surface area contributed by atoms with E-state index < -0.39 is 0 Å². The number of thioether (sulfide) groups is 1. The monoisotopic (exact) mass is 266 g/mol. The van der Waals surface area contributed by atoms with E-state index in [2.05, 4.69) is 28.3 Å². The first-order valence-electron chi connectivity index (χ1n) is 5.90. The SMILES string of the molecule is CCn1nc(C)cc1CSc1nnc(CN)n1C. The Morgan fingerprint density at radius 3 is 2.78 bits per heavy atom. The van der Waals surface area contributed by atoms with E-state index in [4.69, 9.17) is 5.73 Å². The van der Waals surface area contributed by atoms with Crippen molar-refractivity contribution in [3.05, 3.63) is 23.3 Å². The predicted molar refractivity (Wildman–Crippen MR) is 71.1 cm³/mol. The minimum atomic E-state index is 0.413. The number of nitrogens with zero attached hydrogens (tertiary/aromatic N) is 5. The summed E-state index contributed by atoms with van der Waals surface area (Å²) in [6.07, 6.45) is 0. The highest BCUT2D eigenvalue weighted by Gasteiger charge is 2.10. The molecule has 98 valence electrons. The van der Waals surface area contributed by atoms with Crippen LogP contribution < -0.4 is 5.73 Å². The van der Waals surface area contributed by atoms with Crippen molar-refractivity contribution in [2.24, 2.45) is 12.8 Å². The minimum absolute atomic E-state index is 0.413. The van der Waals surface area contributed by atoms with Gasteiger partial charge in [-0.25, -0.2) is 0 Å². The van der Waals surface area contributed by atoms with Gasteiger partial charge in [-0.1, -0.05) is 11.8 Å². The zero-order valence-corrected chi connectivity index (χ0v) is 11.7. The molecule has 2 aromatic heterocycles. The molecule has 0 unspecified atom stereocenters. The lowest BCUT2D eigenvalue weighted by Crippen LogP contribution is -2.05. The van der Waals surface area contributed by atoms with Crippen LogP contribution in [0.3, 0.4) is 0 Å². The summed E-state index contributed by atoms with van der Waals surface area (Å²) in [5.74, 6) is 1.64. The van der Waals surface area contributed by atoms with Gasteiger partial charge in [-0.05, 0) is 19.9 Å². The standard InChI is InChI=1S/C11H18N6S/c1-4-17-9(5-8(2)15-17)7-18-11-14-13-10(6-12)16(11)3/h5H,4,6-7,12H2,1-3H3. The van der Waals surface area contributed by atoms with Crippen LogP contribution in [0.25, 0.3) is 0 Å². The van der Waals surface area contributed by atoms with Crippen molar-refractivity contribution in [1.29, 1.82) is 0 Å². The van der Waals surface area contributed by atoms with Gasteiger partial charge in [-0.3, -0.25) is 4.68 Å². The van der Waals surface area contributed by atoms with E-state index in [0.717, 1.165) is 29.0 Å². The van der Waals surface area contributed by atoms with Crippen LogP contribution in [0.1, 0.15) is 24.1 Å². The van der Waals surface area contributed by atoms with Crippen LogP contribution >= 0.6 is 11.8 Å². The van der Waals surface area contributed by atoms with E-state index >= 15 is 0 Å². The molecule has 0 amide bonds. The summed E-state index contributed by atoms with van der Waals surface area (Å²) >= 11 is 1.65. The van der Waals surface area contributed by atoms with Crippen molar-refractivity contribution < 1.29 is 0 Å². The average Bonchev–Trinajstić information content (AvgIpc) is 2.89. The van der Waals surface area contributed by atoms with Crippen molar-refractivity contribution >= 4 is 11.8 Å². The van der Waals surface area contributed by atoms with Crippen molar-refractivity contribution in [1.82, 2.24) is 24.5 Å². The number of rotatable bonds is 5. The van der Waals surface area contributed by atoms with Crippen LogP contribution in [-0.4, -0.2) is 24.5 Å². The third-order valence-corrected chi connectivity index (χ3v) is 3.80. The molecule has 7 heteroatoms. The molecule has 0 aromatic carbocycles. The van der Waals surface area contributed by atoms with Gasteiger partial charge in [0.2, 0.25) is 0 Å². The Morgan fingerprint density at radius 1 is 1.39 bits per heavy atom. The normalized spacial score (nSPS) is 11.1. The van der Waals surface area contributed by atoms with Crippen LogP contribution in [-0.2, 0) is 25.9 Å². The zero-order valence-electron chi connectivity index (χ0n) is 10.9. The molecule has 18 heavy (non-hydrogen) atoms. The Hall–Kier alpha value is -1.34. The maximum Gasteiger partial charge on any atom is 0.191 e. The summed E-state index contributed by atoms with van der Waals surface area (Å²) in [5.41, 5.74) is 7.83. The maximum absolute atomic E-state index is 5.57. The zero-order chi connectivity index (χ0) is 13.1. The molecule has 2 N–H and O–H groups in total. The smallest absolute Gasteiger partial charge is 0.191 e. The van der Waals surface area contributed by atoms with Gasteiger partial charge in [-0.2, -0.15) is 5.10 Å². The number of aromatic nitrogens is 5. The lowest BCUT2D eigenvalue weighted by atomic mass is 10.4. The van der Waals surface area contributed by atoms with Gasteiger partial charge in [0.25, 0.3) is 0 Å². The first kappa shape index (κ1) is 13.1. The number of hydrogen-bond acceptors (Lipinski definition) is 5. The highest BCUT2D eigenvalue weighted by Crippen LogP contribution is 2.21. The number of nitrogens with two attached hydrogens (primary N) is 1. The van der Waals surface area contributed by atoms with Crippen molar-refractivity contribution in [2.45, 2.75) is 37.8 Å². The average molecular weight is 266 g/mol. The molecule has 2 heterocycles. The fourth-order valence-corrected chi connectivity index (χ4v) is 2.68. The Kier molecular flexibility index (Phi) is 4.03. The highest BCUT2D eigenvalue weighted by molar-refractivity contribution is 7.98. The minimum Gasteiger partial charge on any atom is -0.324 e. The third kappa shape index (κ3) is 2.56. The summed E-state index contributed by atoms with van der Waals surface area (Å²) in [4.78, 5) is 0. The molecule has 0 aliphatic carbocycles. The van der Waals surface area contributed by atoms with Crippen LogP contribution in [0.2, 0.25) is 0 Å². The van der Waals surface area contributed by atoms with Gasteiger partial charge in [0.05, 0.1) is 12.2 Å². The molecular weight excluding hydrogens is 248 g/mol. The van der Waals surface area contributed by atoms with Gasteiger partial charge in [-0.15, -0.1) is 10.2 Å². The molecule has 0 bridgehead atoms. The topological polar surface area (TPSA) is 74.6 Å². The molecular formula is C11H18N6S. The van der Waals surface area contributed by atoms with Gasteiger partial charge in [0.1, 0.15) is 5.82 Å². The molecule has 0 atom stereocenters. The summed E-state index contributed by atoms with van der Waals surface area (Å²) in [5, 5.41) is 13.5. The predicted octanol–water partition coefficient (Wildman–Crippen LogP) is 1.09. The lowest BCUT2D eigenvalue weighted by Gasteiger charge is -2.04. The molecule has 0 saturated heterocycles. The summed E-state index contributed by atoms with van der Waals surface area (Å²) < 4.78 is 3.95. The fraction of sp³-hybridized carbons (Fsp3) is 0.545. The summed E-state index contributed by atoms with van der Waals surface area (Å²) in [6.45, 7) is 5.40. The Balaban J connectivity index is 2.08. The van der Waals surface area contributed by atoms with Gasteiger partial charge in [0.15, 0.2) is 5.16 Å². The largest absolute Gasteiger partial charge is 0.324 e. The van der Waals surface area contributed by atoms with E-state index in [1.807, 2.05) is 23.2 Å². The number of hydrogen-bond donors (Lipinski definition) is 1. The molecule has 2 aromatic rings. The van der Waals surface area contributed by atoms with Gasteiger partial charge >= 0.3 is 0 Å². The van der Waals surface area contributed by atoms with Gasteiger partial charge < -0.3 is 10.3 Å². The van der Waals surface area contributed by atoms with Gasteiger partial charge in [0, 0.05) is 25.0 Å². The van der Waals surface area contributed by atoms with E-state index in [1.165, 1.54) is 5.69 Å². The first-order chi connectivity index (χ1) is 8.65. The molecule has 0 fully saturated rings. The first-order valence-corrected chi connectivity index (χ1v) is 6.88. The maximum atomic E-state index is 5.57. The molecule has 0 saturated carbocycles. The van der Waals surface area contributed by atoms with Crippen LogP contribution in [0, 0.1) is 6.92 Å². The van der Waals surface area contributed by atoms with E-state index in [9.17, 15) is 0 Å². The molecule has 0 aliphatic rings. The Labute approximate surface area is 111 Å². The second-order valence-electron chi connectivity index (χ2n) is 4.04. The molecule has 0 spiro atoms. The van der Waals surface area contributed by atoms with E-state index in [0.29, 0.717) is 6.54 Å². The van der Waals surface area contributed by atoms with Crippen molar-refractivity contribution in [3.63, 3.8) is 0 Å². The Morgan fingerprint density at radius 2 is 2.17 bits per heavy atom. The lowest BCUT2D eigenvalue weighted by molar-refractivity contribution is 0.631. The number of aryl methyl sites for hydroxylation is 2. The molecule has 0 radical (unpaired) electrons. The quantitative estimate of drug-likeness (QED) is 0.820. The third-order valence-electron chi connectivity index (χ3n) is 2.74. The molecule has 2 rings (SSSR count). The van der Waals surface area contributed by atoms with E-state index in [1.54, 1.807) is 11.8 Å². The second kappa shape index (κ2) is 5.53. The molecule has 6 nitrogen and oxygen atoms in total. The summed E-state index contributed by atoms with van der Waals surface area (Å²) in [7, 11) is 1.94. The fourth-order valence-electron chi connectivity index (χ4n) is 1.78. The van der Waals surface area contributed by atoms with Crippen LogP contribution in [0.5, 0.6) is 0 Å². The molecule has 0 aliphatic heterocycles. The summed E-state index contributed by atoms with van der Waals surface area (Å²) in [6, 6.07) is 2.11. The highest BCUT2D eigenvalue weighted by atomic mass is 32.2. The van der Waals surface area contributed by atoms with E-state index in [-0.39, 0.29) is 0 Å². The second-order valence-corrected chi connectivity index (χ2v) is 4.99. The van der Waals surface area contributed by atoms with Crippen LogP contribution in [0.15, 0.2) is 11.2 Å².